The third kappa shape index (κ3) is 3.91. The number of carbonyl (C=O) groups is 1. The van der Waals surface area contributed by atoms with Crippen LogP contribution in [-0.2, 0) is 4.79 Å². The van der Waals surface area contributed by atoms with Gasteiger partial charge in [-0.05, 0) is 18.9 Å². The van der Waals surface area contributed by atoms with Crippen LogP contribution < -0.4 is 0 Å². The van der Waals surface area contributed by atoms with Crippen LogP contribution in [0.15, 0.2) is 12.7 Å². The molecule has 3 nitrogen and oxygen atoms in total. The summed E-state index contributed by atoms with van der Waals surface area (Å²) < 4.78 is 0. The maximum absolute atomic E-state index is 11.0. The van der Waals surface area contributed by atoms with Crippen LogP contribution in [-0.4, -0.2) is 29.2 Å². The van der Waals surface area contributed by atoms with Gasteiger partial charge in [0.2, 0.25) is 0 Å². The van der Waals surface area contributed by atoms with E-state index in [4.69, 9.17) is 10.2 Å². The lowest BCUT2D eigenvalue weighted by molar-refractivity contribution is -0.119. The Bertz CT molecular complexity index is 125. The number of hydrogen-bond donors (Lipinski definition) is 2. The van der Waals surface area contributed by atoms with Gasteiger partial charge in [-0.3, -0.25) is 4.79 Å². The Morgan fingerprint density at radius 3 is 2.09 bits per heavy atom. The highest BCUT2D eigenvalue weighted by Crippen LogP contribution is 2.09. The summed E-state index contributed by atoms with van der Waals surface area (Å²) in [6.45, 7) is 3.29. The van der Waals surface area contributed by atoms with Gasteiger partial charge in [0.05, 0.1) is 0 Å². The van der Waals surface area contributed by atoms with E-state index in [1.54, 1.807) is 0 Å². The van der Waals surface area contributed by atoms with Crippen LogP contribution in [0.5, 0.6) is 0 Å². The molecule has 0 atom stereocenters. The Morgan fingerprint density at radius 2 is 1.82 bits per heavy atom. The van der Waals surface area contributed by atoms with E-state index in [1.807, 2.05) is 0 Å². The highest BCUT2D eigenvalue weighted by molar-refractivity contribution is 5.91. The molecule has 0 bridgehead atoms. The molecule has 2 N–H and O–H groups in total. The lowest BCUT2D eigenvalue weighted by Crippen LogP contribution is -2.15. The Kier molecular flexibility index (Phi) is 5.70. The number of carbonyl (C=O) groups excluding carboxylic acids is 1. The van der Waals surface area contributed by atoms with Gasteiger partial charge < -0.3 is 10.2 Å². The second-order valence-corrected chi connectivity index (χ2v) is 2.33. The van der Waals surface area contributed by atoms with Gasteiger partial charge in [-0.1, -0.05) is 6.58 Å². The fourth-order valence-corrected chi connectivity index (χ4v) is 0.907. The van der Waals surface area contributed by atoms with Crippen molar-refractivity contribution in [3.8, 4) is 0 Å². The monoisotopic (exact) mass is 158 g/mol. The van der Waals surface area contributed by atoms with Crippen molar-refractivity contribution in [2.75, 3.05) is 13.2 Å². The van der Waals surface area contributed by atoms with Gasteiger partial charge in [0, 0.05) is 19.1 Å². The van der Waals surface area contributed by atoms with Crippen molar-refractivity contribution in [2.24, 2.45) is 5.92 Å². The quantitative estimate of drug-likeness (QED) is 0.540. The Balaban J connectivity index is 3.86. The van der Waals surface area contributed by atoms with Crippen molar-refractivity contribution in [1.29, 1.82) is 0 Å². The van der Waals surface area contributed by atoms with E-state index in [1.165, 1.54) is 6.08 Å². The van der Waals surface area contributed by atoms with Crippen LogP contribution in [0.2, 0.25) is 0 Å². The minimum absolute atomic E-state index is 0.0236. The highest BCUT2D eigenvalue weighted by atomic mass is 16.3. The van der Waals surface area contributed by atoms with Gasteiger partial charge >= 0.3 is 0 Å². The Hall–Kier alpha value is -0.670. The molecule has 0 heterocycles. The molecular formula is C8H14O3. The summed E-state index contributed by atoms with van der Waals surface area (Å²) in [5.74, 6) is -0.365. The first-order chi connectivity index (χ1) is 5.26. The van der Waals surface area contributed by atoms with Gasteiger partial charge in [0.25, 0.3) is 0 Å². The summed E-state index contributed by atoms with van der Waals surface area (Å²) in [5, 5.41) is 17.1. The normalized spacial score (nSPS) is 10.1. The smallest absolute Gasteiger partial charge is 0.158 e. The average molecular weight is 158 g/mol. The topological polar surface area (TPSA) is 57.5 Å². The molecule has 0 rings (SSSR count). The third-order valence-corrected chi connectivity index (χ3v) is 1.56. The molecule has 0 aromatic carbocycles. The van der Waals surface area contributed by atoms with E-state index >= 15 is 0 Å². The molecule has 0 aromatic rings. The molecule has 0 aliphatic heterocycles. The predicted molar refractivity (Wildman–Crippen MR) is 42.1 cm³/mol. The summed E-state index contributed by atoms with van der Waals surface area (Å²) in [7, 11) is 0. The fraction of sp³-hybridized carbons (Fsp3) is 0.625. The van der Waals surface area contributed by atoms with Gasteiger partial charge in [0.1, 0.15) is 0 Å². The maximum Gasteiger partial charge on any atom is 0.158 e. The van der Waals surface area contributed by atoms with Crippen molar-refractivity contribution in [3.63, 3.8) is 0 Å². The third-order valence-electron chi connectivity index (χ3n) is 1.56. The number of ketones is 1. The molecule has 0 saturated heterocycles. The summed E-state index contributed by atoms with van der Waals surface area (Å²) in [4.78, 5) is 11.0. The molecule has 0 saturated carbocycles. The molecule has 0 spiro atoms. The molecule has 0 amide bonds. The average Bonchev–Trinajstić information content (AvgIpc) is 2.03. The maximum atomic E-state index is 11.0. The minimum atomic E-state index is -0.262. The molecular weight excluding hydrogens is 144 g/mol. The molecule has 0 fully saturated rings. The first-order valence-electron chi connectivity index (χ1n) is 3.64. The van der Waals surface area contributed by atoms with Gasteiger partial charge in [-0.25, -0.2) is 0 Å². The molecule has 0 aromatic heterocycles. The Morgan fingerprint density at radius 1 is 1.36 bits per heavy atom. The van der Waals surface area contributed by atoms with Gasteiger partial charge in [-0.15, -0.1) is 0 Å². The highest BCUT2D eigenvalue weighted by Gasteiger charge is 2.13. The molecule has 0 aliphatic carbocycles. The summed E-state index contributed by atoms with van der Waals surface area (Å²) >= 11 is 0. The lowest BCUT2D eigenvalue weighted by atomic mass is 9.97. The van der Waals surface area contributed by atoms with Crippen LogP contribution in [0.3, 0.4) is 0 Å². The fourth-order valence-electron chi connectivity index (χ4n) is 0.907. The van der Waals surface area contributed by atoms with Crippen molar-refractivity contribution in [3.05, 3.63) is 12.7 Å². The standard InChI is InChI=1S/C8H14O3/c1-2-8(11)7(3-5-9)4-6-10/h2,7,9-10H,1,3-6H2. The zero-order valence-electron chi connectivity index (χ0n) is 6.49. The van der Waals surface area contributed by atoms with Crippen molar-refractivity contribution < 1.29 is 15.0 Å². The molecule has 0 unspecified atom stereocenters. The Labute approximate surface area is 66.4 Å². The molecule has 11 heavy (non-hydrogen) atoms. The van der Waals surface area contributed by atoms with Crippen LogP contribution in [0.1, 0.15) is 12.8 Å². The van der Waals surface area contributed by atoms with Crippen LogP contribution in [0.25, 0.3) is 0 Å². The molecule has 3 heteroatoms. The minimum Gasteiger partial charge on any atom is -0.396 e. The second kappa shape index (κ2) is 6.07. The number of hydrogen-bond acceptors (Lipinski definition) is 3. The number of rotatable bonds is 6. The van der Waals surface area contributed by atoms with E-state index in [0.717, 1.165) is 0 Å². The van der Waals surface area contributed by atoms with Crippen LogP contribution in [0.4, 0.5) is 0 Å². The van der Waals surface area contributed by atoms with Crippen molar-refractivity contribution in [2.45, 2.75) is 12.8 Å². The summed E-state index contributed by atoms with van der Waals surface area (Å²) in [5.41, 5.74) is 0. The molecule has 64 valence electrons. The zero-order valence-corrected chi connectivity index (χ0v) is 6.49. The first-order valence-corrected chi connectivity index (χ1v) is 3.64. The second-order valence-electron chi connectivity index (χ2n) is 2.33. The van der Waals surface area contributed by atoms with Gasteiger partial charge in [0.15, 0.2) is 5.78 Å². The summed E-state index contributed by atoms with van der Waals surface area (Å²) in [6.07, 6.45) is 2.05. The van der Waals surface area contributed by atoms with Crippen LogP contribution >= 0.6 is 0 Å². The van der Waals surface area contributed by atoms with E-state index in [-0.39, 0.29) is 24.9 Å². The first kappa shape index (κ1) is 10.3. The largest absolute Gasteiger partial charge is 0.396 e. The van der Waals surface area contributed by atoms with Crippen molar-refractivity contribution >= 4 is 5.78 Å². The van der Waals surface area contributed by atoms with E-state index in [0.29, 0.717) is 12.8 Å². The summed E-state index contributed by atoms with van der Waals surface area (Å²) in [6, 6.07) is 0. The SMILES string of the molecule is C=CC(=O)C(CCO)CCO. The van der Waals surface area contributed by atoms with Gasteiger partial charge in [-0.2, -0.15) is 0 Å². The number of aliphatic hydroxyl groups is 2. The zero-order chi connectivity index (χ0) is 8.69. The van der Waals surface area contributed by atoms with Crippen molar-refractivity contribution in [1.82, 2.24) is 0 Å². The lowest BCUT2D eigenvalue weighted by Gasteiger charge is -2.09. The molecule has 0 aliphatic rings. The predicted octanol–water partition coefficient (Wildman–Crippen LogP) is 0.122. The number of aliphatic hydroxyl groups excluding tert-OH is 2. The van der Waals surface area contributed by atoms with E-state index in [9.17, 15) is 4.79 Å². The number of allylic oxidation sites excluding steroid dienone is 1. The van der Waals surface area contributed by atoms with E-state index < -0.39 is 0 Å². The van der Waals surface area contributed by atoms with E-state index in [2.05, 4.69) is 6.58 Å². The molecule has 0 radical (unpaired) electrons. The van der Waals surface area contributed by atoms with Crippen LogP contribution in [0, 0.1) is 5.92 Å².